The van der Waals surface area contributed by atoms with E-state index in [4.69, 9.17) is 4.74 Å². The Balaban J connectivity index is 1.64. The molecule has 3 rings (SSSR count). The van der Waals surface area contributed by atoms with Gasteiger partial charge < -0.3 is 9.64 Å². The summed E-state index contributed by atoms with van der Waals surface area (Å²) in [5.41, 5.74) is 0.0544. The Morgan fingerprint density at radius 2 is 1.93 bits per heavy atom. The number of halogens is 2. The smallest absolute Gasteiger partial charge is 0.254 e. The first-order chi connectivity index (χ1) is 13.3. The summed E-state index contributed by atoms with van der Waals surface area (Å²) in [6, 6.07) is 2.70. The third-order valence-corrected chi connectivity index (χ3v) is 6.52. The van der Waals surface area contributed by atoms with Gasteiger partial charge in [0.1, 0.15) is 0 Å². The molecular formula is C18H25F2N3O4S. The Morgan fingerprint density at radius 1 is 1.21 bits per heavy atom. The van der Waals surface area contributed by atoms with Gasteiger partial charge in [-0.15, -0.1) is 0 Å². The number of benzene rings is 1. The summed E-state index contributed by atoms with van der Waals surface area (Å²) in [7, 11) is -3.45. The summed E-state index contributed by atoms with van der Waals surface area (Å²) in [6.07, 6.45) is 1.68. The van der Waals surface area contributed by atoms with Crippen molar-refractivity contribution in [3.63, 3.8) is 0 Å². The molecule has 10 heteroatoms. The lowest BCUT2D eigenvalue weighted by Gasteiger charge is -2.31. The molecule has 2 aliphatic heterocycles. The van der Waals surface area contributed by atoms with E-state index < -0.39 is 27.6 Å². The zero-order chi connectivity index (χ0) is 20.3. The van der Waals surface area contributed by atoms with Gasteiger partial charge in [0.25, 0.3) is 5.91 Å². The molecule has 0 radical (unpaired) electrons. The van der Waals surface area contributed by atoms with E-state index >= 15 is 0 Å². The number of sulfonamides is 1. The first kappa shape index (κ1) is 21.1. The second-order valence-electron chi connectivity index (χ2n) is 7.15. The average molecular weight is 417 g/mol. The van der Waals surface area contributed by atoms with Gasteiger partial charge in [-0.25, -0.2) is 17.2 Å². The van der Waals surface area contributed by atoms with Crippen LogP contribution in [0.25, 0.3) is 0 Å². The normalized spacial score (nSPS) is 21.4. The molecule has 7 nitrogen and oxygen atoms in total. The molecule has 1 unspecified atom stereocenters. The minimum Gasteiger partial charge on any atom is -0.379 e. The molecule has 0 bridgehead atoms. The second kappa shape index (κ2) is 8.81. The fourth-order valence-corrected chi connectivity index (χ4v) is 4.78. The third kappa shape index (κ3) is 5.05. The van der Waals surface area contributed by atoms with Crippen LogP contribution in [0.4, 0.5) is 8.78 Å². The number of carbonyl (C=O) groups excluding carboxylic acids is 1. The van der Waals surface area contributed by atoms with Crippen molar-refractivity contribution < 1.29 is 26.7 Å². The van der Waals surface area contributed by atoms with E-state index in [1.165, 1.54) is 21.5 Å². The van der Waals surface area contributed by atoms with Crippen molar-refractivity contribution in [3.05, 3.63) is 35.4 Å². The Kier molecular flexibility index (Phi) is 6.64. The lowest BCUT2D eigenvalue weighted by atomic mass is 10.2. The van der Waals surface area contributed by atoms with Gasteiger partial charge in [-0.2, -0.15) is 4.31 Å². The molecule has 0 saturated carbocycles. The number of morpholine rings is 1. The van der Waals surface area contributed by atoms with Crippen LogP contribution in [-0.4, -0.2) is 93.2 Å². The molecule has 2 fully saturated rings. The molecule has 2 aliphatic rings. The Morgan fingerprint density at radius 3 is 2.57 bits per heavy atom. The minimum atomic E-state index is -3.45. The summed E-state index contributed by atoms with van der Waals surface area (Å²) < 4.78 is 57.9. The second-order valence-corrected chi connectivity index (χ2v) is 9.09. The molecular weight excluding hydrogens is 392 g/mol. The number of amides is 1. The van der Waals surface area contributed by atoms with Crippen LogP contribution in [0.3, 0.4) is 0 Å². The molecule has 0 aromatic heterocycles. The zero-order valence-corrected chi connectivity index (χ0v) is 16.6. The zero-order valence-electron chi connectivity index (χ0n) is 15.8. The SMILES string of the molecule is CS(=O)(=O)N(CCN1CCOCC1)C1CCN(C(=O)c2ccc(F)c(F)c2)C1. The first-order valence-electron chi connectivity index (χ1n) is 9.27. The fourth-order valence-electron chi connectivity index (χ4n) is 3.66. The predicted octanol–water partition coefficient (Wildman–Crippen LogP) is 0.773. The summed E-state index contributed by atoms with van der Waals surface area (Å²) >= 11 is 0. The quantitative estimate of drug-likeness (QED) is 0.684. The number of carbonyl (C=O) groups is 1. The average Bonchev–Trinajstić information content (AvgIpc) is 3.13. The van der Waals surface area contributed by atoms with E-state index in [9.17, 15) is 22.0 Å². The molecule has 2 saturated heterocycles. The van der Waals surface area contributed by atoms with Crippen LogP contribution in [0.5, 0.6) is 0 Å². The van der Waals surface area contributed by atoms with Crippen molar-refractivity contribution in [1.29, 1.82) is 0 Å². The highest BCUT2D eigenvalue weighted by atomic mass is 32.2. The maximum atomic E-state index is 13.4. The minimum absolute atomic E-state index is 0.0544. The van der Waals surface area contributed by atoms with Crippen molar-refractivity contribution in [2.24, 2.45) is 0 Å². The maximum Gasteiger partial charge on any atom is 0.254 e. The van der Waals surface area contributed by atoms with E-state index in [1.807, 2.05) is 0 Å². The summed E-state index contributed by atoms with van der Waals surface area (Å²) in [5, 5.41) is 0. The van der Waals surface area contributed by atoms with E-state index in [1.54, 1.807) is 0 Å². The van der Waals surface area contributed by atoms with Crippen LogP contribution in [0.15, 0.2) is 18.2 Å². The van der Waals surface area contributed by atoms with Gasteiger partial charge in [-0.1, -0.05) is 0 Å². The maximum absolute atomic E-state index is 13.4. The Hall–Kier alpha value is -1.62. The lowest BCUT2D eigenvalue weighted by Crippen LogP contribution is -2.47. The standard InChI is InChI=1S/C18H25F2N3O4S/c1-28(25,26)23(7-6-21-8-10-27-11-9-21)15-4-5-22(13-15)18(24)14-2-3-16(19)17(20)12-14/h2-3,12,15H,4-11,13H2,1H3. The van der Waals surface area contributed by atoms with Crippen molar-refractivity contribution in [3.8, 4) is 0 Å². The van der Waals surface area contributed by atoms with Crippen molar-refractivity contribution in [1.82, 2.24) is 14.1 Å². The van der Waals surface area contributed by atoms with E-state index in [0.717, 1.165) is 25.2 Å². The molecule has 1 aromatic rings. The van der Waals surface area contributed by atoms with Crippen LogP contribution in [0, 0.1) is 11.6 Å². The molecule has 2 heterocycles. The van der Waals surface area contributed by atoms with Crippen LogP contribution in [-0.2, 0) is 14.8 Å². The van der Waals surface area contributed by atoms with E-state index in [-0.39, 0.29) is 18.2 Å². The molecule has 0 N–H and O–H groups in total. The molecule has 1 atom stereocenters. The predicted molar refractivity (Wildman–Crippen MR) is 99.5 cm³/mol. The van der Waals surface area contributed by atoms with Crippen molar-refractivity contribution >= 4 is 15.9 Å². The molecule has 156 valence electrons. The largest absolute Gasteiger partial charge is 0.379 e. The molecule has 0 aliphatic carbocycles. The molecule has 1 amide bonds. The van der Waals surface area contributed by atoms with Crippen LogP contribution < -0.4 is 0 Å². The Bertz CT molecular complexity index is 815. The fraction of sp³-hybridized carbons (Fsp3) is 0.611. The van der Waals surface area contributed by atoms with Crippen molar-refractivity contribution in [2.45, 2.75) is 12.5 Å². The van der Waals surface area contributed by atoms with Gasteiger partial charge in [0.05, 0.1) is 19.5 Å². The van der Waals surface area contributed by atoms with Gasteiger partial charge in [0.2, 0.25) is 10.0 Å². The molecule has 28 heavy (non-hydrogen) atoms. The summed E-state index contributed by atoms with van der Waals surface area (Å²) in [5.74, 6) is -2.52. The molecule has 0 spiro atoms. The van der Waals surface area contributed by atoms with Crippen LogP contribution in [0.1, 0.15) is 16.8 Å². The third-order valence-electron chi connectivity index (χ3n) is 5.19. The van der Waals surface area contributed by atoms with Gasteiger partial charge in [-0.05, 0) is 24.6 Å². The highest BCUT2D eigenvalue weighted by molar-refractivity contribution is 7.88. The van der Waals surface area contributed by atoms with E-state index in [0.29, 0.717) is 39.3 Å². The number of ether oxygens (including phenoxy) is 1. The van der Waals surface area contributed by atoms with Crippen molar-refractivity contribution in [2.75, 3.05) is 58.7 Å². The van der Waals surface area contributed by atoms with Gasteiger partial charge in [-0.3, -0.25) is 9.69 Å². The number of hydrogen-bond acceptors (Lipinski definition) is 5. The highest BCUT2D eigenvalue weighted by Crippen LogP contribution is 2.21. The monoisotopic (exact) mass is 417 g/mol. The lowest BCUT2D eigenvalue weighted by molar-refractivity contribution is 0.0353. The van der Waals surface area contributed by atoms with E-state index in [2.05, 4.69) is 4.90 Å². The summed E-state index contributed by atoms with van der Waals surface area (Å²) in [4.78, 5) is 16.2. The first-order valence-corrected chi connectivity index (χ1v) is 11.1. The van der Waals surface area contributed by atoms with Crippen LogP contribution in [0.2, 0.25) is 0 Å². The number of rotatable bonds is 6. The Labute approximate surface area is 163 Å². The van der Waals surface area contributed by atoms with Gasteiger partial charge >= 0.3 is 0 Å². The molecule has 1 aromatic carbocycles. The highest BCUT2D eigenvalue weighted by Gasteiger charge is 2.35. The summed E-state index contributed by atoms with van der Waals surface area (Å²) in [6.45, 7) is 4.35. The number of hydrogen-bond donors (Lipinski definition) is 0. The van der Waals surface area contributed by atoms with Gasteiger partial charge in [0.15, 0.2) is 11.6 Å². The number of likely N-dealkylation sites (tertiary alicyclic amines) is 1. The topological polar surface area (TPSA) is 70.2 Å². The van der Waals surface area contributed by atoms with Gasteiger partial charge in [0, 0.05) is 50.9 Å². The van der Waals surface area contributed by atoms with Crippen LogP contribution >= 0.6 is 0 Å². The number of nitrogens with zero attached hydrogens (tertiary/aromatic N) is 3.